The van der Waals surface area contributed by atoms with Crippen molar-refractivity contribution < 1.29 is 9.53 Å². The lowest BCUT2D eigenvalue weighted by Gasteiger charge is -2.13. The smallest absolute Gasteiger partial charge is 0.409 e. The highest BCUT2D eigenvalue weighted by Crippen LogP contribution is 2.29. The summed E-state index contributed by atoms with van der Waals surface area (Å²) in [4.78, 5) is 14.2. The van der Waals surface area contributed by atoms with Crippen molar-refractivity contribution in [3.8, 4) is 0 Å². The highest BCUT2D eigenvalue weighted by atomic mass is 32.1. The standard InChI is InChI=1S/C10H14N2O2S/c1-14-10(13)12-5-7(8(11)6-12)9-3-2-4-15-9/h2-4,7-8H,5-6,11H2,1H3. The molecule has 4 nitrogen and oxygen atoms in total. The van der Waals surface area contributed by atoms with Crippen molar-refractivity contribution in [2.45, 2.75) is 12.0 Å². The zero-order valence-electron chi connectivity index (χ0n) is 8.55. The van der Waals surface area contributed by atoms with Gasteiger partial charge in [-0.3, -0.25) is 0 Å². The lowest BCUT2D eigenvalue weighted by atomic mass is 10.0. The van der Waals surface area contributed by atoms with E-state index >= 15 is 0 Å². The van der Waals surface area contributed by atoms with Crippen molar-refractivity contribution in [2.75, 3.05) is 20.2 Å². The Kier molecular flexibility index (Phi) is 2.93. The molecule has 0 radical (unpaired) electrons. The fraction of sp³-hybridized carbons (Fsp3) is 0.500. The first-order valence-electron chi connectivity index (χ1n) is 4.84. The summed E-state index contributed by atoms with van der Waals surface area (Å²) in [6.07, 6.45) is -0.287. The Labute approximate surface area is 92.6 Å². The number of hydrogen-bond donors (Lipinski definition) is 1. The maximum atomic E-state index is 11.3. The van der Waals surface area contributed by atoms with Crippen LogP contribution in [0.1, 0.15) is 10.8 Å². The number of amides is 1. The van der Waals surface area contributed by atoms with E-state index < -0.39 is 0 Å². The molecule has 1 aliphatic rings. The number of likely N-dealkylation sites (tertiary alicyclic amines) is 1. The molecule has 2 heterocycles. The van der Waals surface area contributed by atoms with Gasteiger partial charge in [-0.25, -0.2) is 4.79 Å². The minimum absolute atomic E-state index is 0.0164. The van der Waals surface area contributed by atoms with E-state index in [1.165, 1.54) is 12.0 Å². The SMILES string of the molecule is COC(=O)N1CC(N)C(c2cccs2)C1. The van der Waals surface area contributed by atoms with Crippen LogP contribution >= 0.6 is 11.3 Å². The predicted octanol–water partition coefficient (Wildman–Crippen LogP) is 1.24. The Morgan fingerprint density at radius 2 is 2.47 bits per heavy atom. The first-order chi connectivity index (χ1) is 7.22. The van der Waals surface area contributed by atoms with E-state index in [-0.39, 0.29) is 18.1 Å². The van der Waals surface area contributed by atoms with Crippen LogP contribution < -0.4 is 5.73 Å². The summed E-state index contributed by atoms with van der Waals surface area (Å²) in [6.45, 7) is 1.24. The molecule has 1 aromatic heterocycles. The van der Waals surface area contributed by atoms with E-state index in [1.54, 1.807) is 16.2 Å². The second-order valence-corrected chi connectivity index (χ2v) is 4.64. The molecule has 15 heavy (non-hydrogen) atoms. The first kappa shape index (κ1) is 10.4. The van der Waals surface area contributed by atoms with Gasteiger partial charge in [0.25, 0.3) is 0 Å². The highest BCUT2D eigenvalue weighted by Gasteiger charge is 2.34. The molecule has 0 aliphatic carbocycles. The zero-order valence-corrected chi connectivity index (χ0v) is 9.37. The summed E-state index contributed by atoms with van der Waals surface area (Å²) >= 11 is 1.69. The summed E-state index contributed by atoms with van der Waals surface area (Å²) in [5, 5.41) is 2.03. The average Bonchev–Trinajstić information content (AvgIpc) is 2.84. The van der Waals surface area contributed by atoms with E-state index in [9.17, 15) is 4.79 Å². The molecule has 1 saturated heterocycles. The Balaban J connectivity index is 2.08. The molecule has 0 spiro atoms. The van der Waals surface area contributed by atoms with Crippen molar-refractivity contribution in [3.63, 3.8) is 0 Å². The van der Waals surface area contributed by atoms with Gasteiger partial charge in [-0.05, 0) is 11.4 Å². The van der Waals surface area contributed by atoms with E-state index in [2.05, 4.69) is 10.8 Å². The van der Waals surface area contributed by atoms with Gasteiger partial charge in [-0.2, -0.15) is 0 Å². The number of methoxy groups -OCH3 is 1. The minimum Gasteiger partial charge on any atom is -0.453 e. The molecule has 2 atom stereocenters. The van der Waals surface area contributed by atoms with Crippen LogP contribution in [0.3, 0.4) is 0 Å². The van der Waals surface area contributed by atoms with Gasteiger partial charge in [0.05, 0.1) is 7.11 Å². The van der Waals surface area contributed by atoms with Gasteiger partial charge in [-0.1, -0.05) is 6.07 Å². The van der Waals surface area contributed by atoms with Gasteiger partial charge in [0.1, 0.15) is 0 Å². The van der Waals surface area contributed by atoms with Crippen LogP contribution in [0.5, 0.6) is 0 Å². The molecule has 1 fully saturated rings. The number of carbonyl (C=O) groups is 1. The topological polar surface area (TPSA) is 55.6 Å². The lowest BCUT2D eigenvalue weighted by Crippen LogP contribution is -2.31. The molecule has 2 rings (SSSR count). The number of ether oxygens (including phenoxy) is 1. The van der Waals surface area contributed by atoms with E-state index in [0.717, 1.165) is 0 Å². The number of nitrogens with zero attached hydrogens (tertiary/aromatic N) is 1. The number of carbonyl (C=O) groups excluding carboxylic acids is 1. The second kappa shape index (κ2) is 4.20. The van der Waals surface area contributed by atoms with E-state index in [4.69, 9.17) is 5.73 Å². The Hall–Kier alpha value is -1.07. The third kappa shape index (κ3) is 1.98. The molecule has 1 aromatic rings. The van der Waals surface area contributed by atoms with Gasteiger partial charge < -0.3 is 15.4 Å². The molecule has 82 valence electrons. The molecule has 0 bridgehead atoms. The van der Waals surface area contributed by atoms with Gasteiger partial charge in [0.15, 0.2) is 0 Å². The van der Waals surface area contributed by atoms with Crippen LogP contribution in [-0.2, 0) is 4.74 Å². The quantitative estimate of drug-likeness (QED) is 0.784. The number of thiophene rings is 1. The third-order valence-corrected chi connectivity index (χ3v) is 3.71. The predicted molar refractivity (Wildman–Crippen MR) is 59.0 cm³/mol. The van der Waals surface area contributed by atoms with Crippen LogP contribution in [0.4, 0.5) is 4.79 Å². The minimum atomic E-state index is -0.287. The average molecular weight is 226 g/mol. The van der Waals surface area contributed by atoms with Gasteiger partial charge in [0, 0.05) is 29.9 Å². The summed E-state index contributed by atoms with van der Waals surface area (Å²) in [6, 6.07) is 4.09. The van der Waals surface area contributed by atoms with Gasteiger partial charge in [0.2, 0.25) is 0 Å². The molecule has 1 aliphatic heterocycles. The van der Waals surface area contributed by atoms with Crippen molar-refractivity contribution in [3.05, 3.63) is 22.4 Å². The molecule has 5 heteroatoms. The van der Waals surface area contributed by atoms with Crippen LogP contribution in [0.15, 0.2) is 17.5 Å². The molecule has 1 amide bonds. The lowest BCUT2D eigenvalue weighted by molar-refractivity contribution is 0.132. The van der Waals surface area contributed by atoms with Crippen LogP contribution in [0.2, 0.25) is 0 Å². The van der Waals surface area contributed by atoms with Crippen LogP contribution in [0, 0.1) is 0 Å². The molecule has 0 aromatic carbocycles. The van der Waals surface area contributed by atoms with Crippen molar-refractivity contribution in [1.82, 2.24) is 4.90 Å². The molecule has 2 unspecified atom stereocenters. The number of hydrogen-bond acceptors (Lipinski definition) is 4. The van der Waals surface area contributed by atoms with E-state index in [1.807, 2.05) is 11.4 Å². The van der Waals surface area contributed by atoms with Gasteiger partial charge in [-0.15, -0.1) is 11.3 Å². The molecular formula is C10H14N2O2S. The molecule has 0 saturated carbocycles. The second-order valence-electron chi connectivity index (χ2n) is 3.66. The van der Waals surface area contributed by atoms with Crippen LogP contribution in [-0.4, -0.2) is 37.2 Å². The number of rotatable bonds is 1. The fourth-order valence-corrected chi connectivity index (χ4v) is 2.81. The molecule has 2 N–H and O–H groups in total. The largest absolute Gasteiger partial charge is 0.453 e. The van der Waals surface area contributed by atoms with Gasteiger partial charge >= 0.3 is 6.09 Å². The fourth-order valence-electron chi connectivity index (χ4n) is 1.91. The Morgan fingerprint density at radius 1 is 1.67 bits per heavy atom. The van der Waals surface area contributed by atoms with Crippen molar-refractivity contribution in [2.24, 2.45) is 5.73 Å². The van der Waals surface area contributed by atoms with Crippen molar-refractivity contribution in [1.29, 1.82) is 0 Å². The highest BCUT2D eigenvalue weighted by molar-refractivity contribution is 7.10. The number of nitrogens with two attached hydrogens (primary N) is 1. The monoisotopic (exact) mass is 226 g/mol. The normalized spacial score (nSPS) is 25.6. The first-order valence-corrected chi connectivity index (χ1v) is 5.72. The van der Waals surface area contributed by atoms with Crippen molar-refractivity contribution >= 4 is 17.4 Å². The van der Waals surface area contributed by atoms with E-state index in [0.29, 0.717) is 13.1 Å². The Morgan fingerprint density at radius 3 is 3.07 bits per heavy atom. The Bertz CT molecular complexity index is 339. The summed E-state index contributed by atoms with van der Waals surface area (Å²) in [5.74, 6) is 0.254. The summed E-state index contributed by atoms with van der Waals surface area (Å²) in [7, 11) is 1.40. The maximum Gasteiger partial charge on any atom is 0.409 e. The summed E-state index contributed by atoms with van der Waals surface area (Å²) in [5.41, 5.74) is 6.01. The summed E-state index contributed by atoms with van der Waals surface area (Å²) < 4.78 is 4.68. The molecular weight excluding hydrogens is 212 g/mol. The van der Waals surface area contributed by atoms with Crippen LogP contribution in [0.25, 0.3) is 0 Å². The third-order valence-electron chi connectivity index (χ3n) is 2.71. The maximum absolute atomic E-state index is 11.3. The zero-order chi connectivity index (χ0) is 10.8.